The van der Waals surface area contributed by atoms with Crippen LogP contribution in [0.4, 0.5) is 11.4 Å². The standard InChI is InChI=1S/C10H13N3O3/c1-7-4-3-5-8(10(7)13(15)16)12-6-9(14)11-2/h3-5,12H,6H2,1-2H3,(H,11,14). The summed E-state index contributed by atoms with van der Waals surface area (Å²) >= 11 is 0. The lowest BCUT2D eigenvalue weighted by Crippen LogP contribution is -2.26. The van der Waals surface area contributed by atoms with E-state index in [4.69, 9.17) is 0 Å². The molecule has 0 unspecified atom stereocenters. The van der Waals surface area contributed by atoms with Gasteiger partial charge in [0.15, 0.2) is 0 Å². The molecule has 1 aromatic rings. The van der Waals surface area contributed by atoms with E-state index in [-0.39, 0.29) is 18.1 Å². The number of nitrogens with zero attached hydrogens (tertiary/aromatic N) is 1. The maximum Gasteiger partial charge on any atom is 0.295 e. The van der Waals surface area contributed by atoms with E-state index in [0.29, 0.717) is 11.3 Å². The summed E-state index contributed by atoms with van der Waals surface area (Å²) in [6, 6.07) is 4.94. The number of benzene rings is 1. The smallest absolute Gasteiger partial charge is 0.295 e. The lowest BCUT2D eigenvalue weighted by molar-refractivity contribution is -0.384. The number of carbonyl (C=O) groups excluding carboxylic acids is 1. The Hall–Kier alpha value is -2.11. The van der Waals surface area contributed by atoms with Gasteiger partial charge in [0.05, 0.1) is 11.5 Å². The summed E-state index contributed by atoms with van der Waals surface area (Å²) in [6.45, 7) is 1.67. The highest BCUT2D eigenvalue weighted by Gasteiger charge is 2.16. The van der Waals surface area contributed by atoms with Crippen LogP contribution in [0, 0.1) is 17.0 Å². The Balaban J connectivity index is 2.91. The Kier molecular flexibility index (Phi) is 3.82. The molecule has 0 saturated carbocycles. The number of hydrogen-bond acceptors (Lipinski definition) is 4. The van der Waals surface area contributed by atoms with Crippen molar-refractivity contribution in [1.29, 1.82) is 0 Å². The predicted octanol–water partition coefficient (Wildman–Crippen LogP) is 1.06. The van der Waals surface area contributed by atoms with Crippen LogP contribution in [-0.2, 0) is 4.79 Å². The van der Waals surface area contributed by atoms with Crippen LogP contribution >= 0.6 is 0 Å². The van der Waals surface area contributed by atoms with Gasteiger partial charge in [0.1, 0.15) is 5.69 Å². The van der Waals surface area contributed by atoms with Crippen molar-refractivity contribution in [3.8, 4) is 0 Å². The quantitative estimate of drug-likeness (QED) is 0.590. The molecule has 0 aromatic heterocycles. The van der Waals surface area contributed by atoms with Gasteiger partial charge >= 0.3 is 0 Å². The summed E-state index contributed by atoms with van der Waals surface area (Å²) < 4.78 is 0. The minimum absolute atomic E-state index is 0.00593. The normalized spacial score (nSPS) is 9.62. The van der Waals surface area contributed by atoms with Crippen LogP contribution in [0.2, 0.25) is 0 Å². The SMILES string of the molecule is CNC(=O)CNc1cccc(C)c1[N+](=O)[O-]. The average Bonchev–Trinajstić information content (AvgIpc) is 2.25. The number of rotatable bonds is 4. The average molecular weight is 223 g/mol. The molecule has 6 heteroatoms. The molecule has 0 aliphatic carbocycles. The summed E-state index contributed by atoms with van der Waals surface area (Å²) in [4.78, 5) is 21.4. The van der Waals surface area contributed by atoms with Gasteiger partial charge in [0.25, 0.3) is 5.69 Å². The molecule has 0 fully saturated rings. The predicted molar refractivity (Wildman–Crippen MR) is 60.4 cm³/mol. The second kappa shape index (κ2) is 5.11. The second-order valence-corrected chi connectivity index (χ2v) is 3.25. The molecule has 0 aliphatic heterocycles. The zero-order valence-corrected chi connectivity index (χ0v) is 9.11. The lowest BCUT2D eigenvalue weighted by atomic mass is 10.1. The topological polar surface area (TPSA) is 84.3 Å². The molecule has 1 aromatic carbocycles. The molecule has 0 heterocycles. The number of likely N-dealkylation sites (N-methyl/N-ethyl adjacent to an activating group) is 1. The highest BCUT2D eigenvalue weighted by Crippen LogP contribution is 2.27. The van der Waals surface area contributed by atoms with Gasteiger partial charge in [-0.05, 0) is 13.0 Å². The highest BCUT2D eigenvalue weighted by atomic mass is 16.6. The Morgan fingerprint density at radius 2 is 2.19 bits per heavy atom. The van der Waals surface area contributed by atoms with Gasteiger partial charge in [-0.3, -0.25) is 14.9 Å². The molecule has 6 nitrogen and oxygen atoms in total. The van der Waals surface area contributed by atoms with Crippen LogP contribution in [0.3, 0.4) is 0 Å². The van der Waals surface area contributed by atoms with Gasteiger partial charge in [-0.15, -0.1) is 0 Å². The Labute approximate surface area is 92.8 Å². The molecule has 16 heavy (non-hydrogen) atoms. The number of aryl methyl sites for hydroxylation is 1. The first-order chi connectivity index (χ1) is 7.56. The van der Waals surface area contributed by atoms with Gasteiger partial charge in [-0.2, -0.15) is 0 Å². The largest absolute Gasteiger partial charge is 0.371 e. The van der Waals surface area contributed by atoms with Crippen molar-refractivity contribution >= 4 is 17.3 Å². The molecular formula is C10H13N3O3. The number of anilines is 1. The second-order valence-electron chi connectivity index (χ2n) is 3.25. The van der Waals surface area contributed by atoms with Crippen molar-refractivity contribution in [1.82, 2.24) is 5.32 Å². The number of amides is 1. The fourth-order valence-electron chi connectivity index (χ4n) is 1.31. The number of hydrogen-bond donors (Lipinski definition) is 2. The highest BCUT2D eigenvalue weighted by molar-refractivity contribution is 5.81. The van der Waals surface area contributed by atoms with Gasteiger partial charge in [0.2, 0.25) is 5.91 Å². The van der Waals surface area contributed by atoms with E-state index in [1.54, 1.807) is 25.1 Å². The maximum absolute atomic E-state index is 11.0. The minimum atomic E-state index is -0.457. The lowest BCUT2D eigenvalue weighted by Gasteiger charge is -2.07. The monoisotopic (exact) mass is 223 g/mol. The van der Waals surface area contributed by atoms with Crippen molar-refractivity contribution in [2.45, 2.75) is 6.92 Å². The van der Waals surface area contributed by atoms with E-state index >= 15 is 0 Å². The van der Waals surface area contributed by atoms with Gasteiger partial charge in [0, 0.05) is 12.6 Å². The zero-order chi connectivity index (χ0) is 12.1. The first-order valence-electron chi connectivity index (χ1n) is 4.74. The first kappa shape index (κ1) is 12.0. The third-order valence-corrected chi connectivity index (χ3v) is 2.14. The van der Waals surface area contributed by atoms with Crippen LogP contribution in [-0.4, -0.2) is 24.4 Å². The van der Waals surface area contributed by atoms with Crippen molar-refractivity contribution in [3.63, 3.8) is 0 Å². The van der Waals surface area contributed by atoms with Crippen molar-refractivity contribution in [2.24, 2.45) is 0 Å². The van der Waals surface area contributed by atoms with Crippen molar-refractivity contribution in [3.05, 3.63) is 33.9 Å². The minimum Gasteiger partial charge on any atom is -0.371 e. The summed E-state index contributed by atoms with van der Waals surface area (Å²) in [6.07, 6.45) is 0. The third-order valence-electron chi connectivity index (χ3n) is 2.14. The van der Waals surface area contributed by atoms with E-state index in [9.17, 15) is 14.9 Å². The van der Waals surface area contributed by atoms with Crippen molar-refractivity contribution < 1.29 is 9.72 Å². The number of para-hydroxylation sites is 1. The number of nitro benzene ring substituents is 1. The van der Waals surface area contributed by atoms with Gasteiger partial charge in [-0.25, -0.2) is 0 Å². The number of carbonyl (C=O) groups is 1. The van der Waals surface area contributed by atoms with E-state index in [0.717, 1.165) is 0 Å². The maximum atomic E-state index is 11.0. The molecule has 0 aliphatic rings. The van der Waals surface area contributed by atoms with E-state index < -0.39 is 4.92 Å². The number of nitro groups is 1. The fourth-order valence-corrected chi connectivity index (χ4v) is 1.31. The Morgan fingerprint density at radius 1 is 1.50 bits per heavy atom. The van der Waals surface area contributed by atoms with E-state index in [2.05, 4.69) is 10.6 Å². The Bertz CT molecular complexity index is 418. The fraction of sp³-hybridized carbons (Fsp3) is 0.300. The summed E-state index contributed by atoms with van der Waals surface area (Å²) in [5, 5.41) is 16.0. The zero-order valence-electron chi connectivity index (χ0n) is 9.11. The third kappa shape index (κ3) is 2.69. The molecule has 0 atom stereocenters. The summed E-state index contributed by atoms with van der Waals surface area (Å²) in [7, 11) is 1.51. The summed E-state index contributed by atoms with van der Waals surface area (Å²) in [5.74, 6) is -0.226. The molecule has 0 bridgehead atoms. The summed E-state index contributed by atoms with van der Waals surface area (Å²) in [5.41, 5.74) is 0.923. The molecular weight excluding hydrogens is 210 g/mol. The van der Waals surface area contributed by atoms with Crippen LogP contribution in [0.25, 0.3) is 0 Å². The van der Waals surface area contributed by atoms with E-state index in [1.165, 1.54) is 7.05 Å². The molecule has 2 N–H and O–H groups in total. The Morgan fingerprint density at radius 3 is 2.75 bits per heavy atom. The van der Waals surface area contributed by atoms with Crippen LogP contribution in [0.15, 0.2) is 18.2 Å². The first-order valence-corrected chi connectivity index (χ1v) is 4.74. The van der Waals surface area contributed by atoms with Crippen molar-refractivity contribution in [2.75, 3.05) is 18.9 Å². The van der Waals surface area contributed by atoms with E-state index in [1.807, 2.05) is 0 Å². The molecule has 1 rings (SSSR count). The molecule has 0 radical (unpaired) electrons. The molecule has 0 saturated heterocycles. The van der Waals surface area contributed by atoms with Crippen LogP contribution in [0.5, 0.6) is 0 Å². The molecule has 86 valence electrons. The number of nitrogens with one attached hydrogen (secondary N) is 2. The molecule has 0 spiro atoms. The van der Waals surface area contributed by atoms with Gasteiger partial charge < -0.3 is 10.6 Å². The van der Waals surface area contributed by atoms with Crippen LogP contribution < -0.4 is 10.6 Å². The molecule has 1 amide bonds. The van der Waals surface area contributed by atoms with Gasteiger partial charge in [-0.1, -0.05) is 12.1 Å². The van der Waals surface area contributed by atoms with Crippen LogP contribution in [0.1, 0.15) is 5.56 Å².